The van der Waals surface area contributed by atoms with Gasteiger partial charge in [-0.2, -0.15) is 14.9 Å². The molecule has 1 aliphatic rings. The van der Waals surface area contributed by atoms with Crippen LogP contribution in [0.25, 0.3) is 10.9 Å². The number of nitrogens with zero attached hydrogens (tertiary/aromatic N) is 2. The van der Waals surface area contributed by atoms with Crippen LogP contribution in [0, 0.1) is 0 Å². The number of hydrogen-bond donors (Lipinski definition) is 2. The number of sulfonamides is 1. The van der Waals surface area contributed by atoms with Crippen molar-refractivity contribution in [2.24, 2.45) is 0 Å². The molecule has 8 nitrogen and oxygen atoms in total. The van der Waals surface area contributed by atoms with E-state index in [0.717, 1.165) is 5.56 Å². The number of para-hydroxylation sites is 1. The lowest BCUT2D eigenvalue weighted by Gasteiger charge is -2.40. The Bertz CT molecular complexity index is 1350. The van der Waals surface area contributed by atoms with E-state index in [1.165, 1.54) is 4.31 Å². The number of carbonyl (C=O) groups excluding carboxylic acids is 1. The fourth-order valence-corrected chi connectivity index (χ4v) is 7.59. The van der Waals surface area contributed by atoms with Crippen molar-refractivity contribution in [3.63, 3.8) is 0 Å². The fraction of sp³-hybridized carbons (Fsp3) is 0.318. The fourth-order valence-electron chi connectivity index (χ4n) is 4.00. The normalized spacial score (nSPS) is 17.6. The Kier molecular flexibility index (Phi) is 7.21. The van der Waals surface area contributed by atoms with E-state index in [0.29, 0.717) is 20.9 Å². The van der Waals surface area contributed by atoms with Crippen LogP contribution < -0.4 is 0 Å². The highest BCUT2D eigenvalue weighted by Gasteiger charge is 2.38. The van der Waals surface area contributed by atoms with E-state index in [1.807, 2.05) is 0 Å². The molecule has 0 atom stereocenters. The molecule has 0 unspecified atom stereocenters. The number of halogens is 2. The Morgan fingerprint density at radius 2 is 1.76 bits per heavy atom. The summed E-state index contributed by atoms with van der Waals surface area (Å²) in [4.78, 5) is 13.0. The van der Waals surface area contributed by atoms with Crippen LogP contribution in [0.5, 0.6) is 0 Å². The highest BCUT2D eigenvalue weighted by Crippen LogP contribution is 2.42. The molecule has 0 spiro atoms. The van der Waals surface area contributed by atoms with E-state index in [-0.39, 0.29) is 48.3 Å². The van der Waals surface area contributed by atoms with Gasteiger partial charge in [0.2, 0.25) is 10.0 Å². The van der Waals surface area contributed by atoms with Gasteiger partial charge in [-0.3, -0.25) is 9.11 Å². The molecule has 3 aromatic rings. The van der Waals surface area contributed by atoms with Crippen molar-refractivity contribution in [1.29, 1.82) is 0 Å². The van der Waals surface area contributed by atoms with Crippen LogP contribution in [0.15, 0.2) is 47.4 Å². The molecule has 0 radical (unpaired) electrons. The van der Waals surface area contributed by atoms with Crippen LogP contribution in [0.2, 0.25) is 10.0 Å². The third-order valence-electron chi connectivity index (χ3n) is 5.65. The van der Waals surface area contributed by atoms with Gasteiger partial charge >= 0.3 is 5.97 Å². The first-order valence-electron chi connectivity index (χ1n) is 10.5. The highest BCUT2D eigenvalue weighted by molar-refractivity contribution is 8.24. The minimum atomic E-state index is -4.16. The predicted molar refractivity (Wildman–Crippen MR) is 135 cm³/mol. The molecule has 184 valence electrons. The summed E-state index contributed by atoms with van der Waals surface area (Å²) in [7, 11) is -6.97. The Hall–Kier alpha value is -1.79. The lowest BCUT2D eigenvalue weighted by atomic mass is 10.2. The molecule has 1 aromatic heterocycles. The van der Waals surface area contributed by atoms with Crippen LogP contribution in [0.4, 0.5) is 0 Å². The molecule has 12 heteroatoms. The molecule has 2 N–H and O–H groups in total. The maximum atomic E-state index is 13.8. The maximum absolute atomic E-state index is 13.8. The zero-order valence-corrected chi connectivity index (χ0v) is 21.4. The molecular formula is C22H24Cl2N2O6S2. The molecule has 1 aliphatic heterocycles. The number of benzene rings is 2. The number of fused-ring (bicyclic) bond motifs is 1. The topological polar surface area (TPSA) is 109 Å². The summed E-state index contributed by atoms with van der Waals surface area (Å²) < 4.78 is 55.6. The first kappa shape index (κ1) is 25.3. The summed E-state index contributed by atoms with van der Waals surface area (Å²) in [5, 5.41) is 1.10. The summed E-state index contributed by atoms with van der Waals surface area (Å²) in [5.74, 6) is -0.871. The van der Waals surface area contributed by atoms with E-state index in [4.69, 9.17) is 27.9 Å². The van der Waals surface area contributed by atoms with Gasteiger partial charge < -0.3 is 9.30 Å². The molecule has 2 aromatic carbocycles. The summed E-state index contributed by atoms with van der Waals surface area (Å²) in [5.41, 5.74) is 1.17. The highest BCUT2D eigenvalue weighted by atomic mass is 35.5. The van der Waals surface area contributed by atoms with Crippen LogP contribution in [-0.2, 0) is 21.3 Å². The van der Waals surface area contributed by atoms with Gasteiger partial charge in [-0.15, -0.1) is 0 Å². The minimum Gasteiger partial charge on any atom is -0.461 e. The lowest BCUT2D eigenvalue weighted by Crippen LogP contribution is -2.42. The molecule has 34 heavy (non-hydrogen) atoms. The molecule has 0 aliphatic carbocycles. The Morgan fingerprint density at radius 1 is 1.09 bits per heavy atom. The van der Waals surface area contributed by atoms with Crippen molar-refractivity contribution in [2.45, 2.75) is 18.4 Å². The Labute approximate surface area is 209 Å². The van der Waals surface area contributed by atoms with Crippen LogP contribution in [0.1, 0.15) is 23.0 Å². The predicted octanol–water partition coefficient (Wildman–Crippen LogP) is 4.93. The molecule has 0 bridgehead atoms. The lowest BCUT2D eigenvalue weighted by molar-refractivity contribution is 0.0510. The van der Waals surface area contributed by atoms with E-state index in [2.05, 4.69) is 0 Å². The summed E-state index contributed by atoms with van der Waals surface area (Å²) in [6, 6.07) is 11.9. The number of ether oxygens (including phenoxy) is 1. The average Bonchev–Trinajstić information content (AvgIpc) is 3.11. The second-order valence-electron chi connectivity index (χ2n) is 7.86. The summed E-state index contributed by atoms with van der Waals surface area (Å²) in [6.45, 7) is 1.75. The van der Waals surface area contributed by atoms with Gasteiger partial charge in [0.15, 0.2) is 0 Å². The zero-order valence-electron chi connectivity index (χ0n) is 18.3. The van der Waals surface area contributed by atoms with Gasteiger partial charge in [-0.1, -0.05) is 47.5 Å². The minimum absolute atomic E-state index is 0.0527. The second-order valence-corrected chi connectivity index (χ2v) is 13.0. The van der Waals surface area contributed by atoms with Crippen molar-refractivity contribution in [1.82, 2.24) is 8.87 Å². The first-order valence-corrected chi connectivity index (χ1v) is 14.6. The first-order chi connectivity index (χ1) is 16.0. The van der Waals surface area contributed by atoms with E-state index >= 15 is 0 Å². The van der Waals surface area contributed by atoms with Crippen molar-refractivity contribution < 1.29 is 27.1 Å². The van der Waals surface area contributed by atoms with Crippen LogP contribution in [-0.4, -0.2) is 63.6 Å². The van der Waals surface area contributed by atoms with Crippen LogP contribution in [0.3, 0.4) is 0 Å². The largest absolute Gasteiger partial charge is 0.461 e. The van der Waals surface area contributed by atoms with Crippen molar-refractivity contribution >= 4 is 60.7 Å². The third-order valence-corrected chi connectivity index (χ3v) is 10.0. The average molecular weight is 547 g/mol. The quantitative estimate of drug-likeness (QED) is 0.424. The molecule has 2 heterocycles. The van der Waals surface area contributed by atoms with E-state index in [9.17, 15) is 22.3 Å². The maximum Gasteiger partial charge on any atom is 0.356 e. The van der Waals surface area contributed by atoms with Crippen molar-refractivity contribution in [3.05, 3.63) is 63.8 Å². The van der Waals surface area contributed by atoms with Crippen LogP contribution >= 0.6 is 33.8 Å². The SMILES string of the molecule is CCOC(=O)c1c(S(=O)(=O)N2CCS(O)(O)CC2)c2ccccc2n1Cc1ccc(Cl)c(Cl)c1. The van der Waals surface area contributed by atoms with Gasteiger partial charge in [-0.25, -0.2) is 13.2 Å². The molecule has 1 fully saturated rings. The molecular weight excluding hydrogens is 523 g/mol. The van der Waals surface area contributed by atoms with Gasteiger partial charge in [0.25, 0.3) is 0 Å². The number of hydrogen-bond acceptors (Lipinski definition) is 6. The summed E-state index contributed by atoms with van der Waals surface area (Å²) in [6.07, 6.45) is 0. The molecule has 0 amide bonds. The zero-order chi connectivity index (χ0) is 24.7. The number of carbonyl (C=O) groups is 1. The standard InChI is InChI=1S/C22H24Cl2N2O6S2/c1-2-32-22(27)20-21(34(30,31)25-9-11-33(28,29)12-10-25)16-5-3-4-6-19(16)26(20)14-15-7-8-17(23)18(24)13-15/h3-8,13,28-29H,2,9-12,14H2,1H3. The van der Waals surface area contributed by atoms with E-state index in [1.54, 1.807) is 54.0 Å². The Morgan fingerprint density at radius 3 is 2.41 bits per heavy atom. The monoisotopic (exact) mass is 546 g/mol. The van der Waals surface area contributed by atoms with Gasteiger partial charge in [0, 0.05) is 25.0 Å². The van der Waals surface area contributed by atoms with Crippen molar-refractivity contribution in [2.75, 3.05) is 31.2 Å². The van der Waals surface area contributed by atoms with Crippen molar-refractivity contribution in [3.8, 4) is 0 Å². The van der Waals surface area contributed by atoms with Gasteiger partial charge in [-0.05, 0) is 30.7 Å². The second kappa shape index (κ2) is 9.69. The Balaban J connectivity index is 1.92. The smallest absolute Gasteiger partial charge is 0.356 e. The molecule has 0 saturated carbocycles. The number of aromatic nitrogens is 1. The third kappa shape index (κ3) is 4.81. The number of esters is 1. The van der Waals surface area contributed by atoms with Gasteiger partial charge in [0.05, 0.1) is 33.7 Å². The van der Waals surface area contributed by atoms with E-state index < -0.39 is 26.6 Å². The summed E-state index contributed by atoms with van der Waals surface area (Å²) >= 11 is 12.2. The molecule has 4 rings (SSSR count). The van der Waals surface area contributed by atoms with Gasteiger partial charge in [0.1, 0.15) is 10.6 Å². The molecule has 1 saturated heterocycles. The number of rotatable bonds is 6.